The number of amides is 1. The van der Waals surface area contributed by atoms with E-state index in [9.17, 15) is 4.79 Å². The number of fused-ring (bicyclic) bond motifs is 1. The Labute approximate surface area is 164 Å². The first kappa shape index (κ1) is 18.2. The Hall–Kier alpha value is -3.22. The van der Waals surface area contributed by atoms with Gasteiger partial charge in [0.15, 0.2) is 0 Å². The molecule has 7 nitrogen and oxygen atoms in total. The molecule has 3 heterocycles. The van der Waals surface area contributed by atoms with Crippen LogP contribution in [0, 0.1) is 6.92 Å². The van der Waals surface area contributed by atoms with Crippen LogP contribution in [0.4, 0.5) is 11.6 Å². The lowest BCUT2D eigenvalue weighted by Crippen LogP contribution is -2.29. The van der Waals surface area contributed by atoms with Gasteiger partial charge in [0, 0.05) is 43.8 Å². The summed E-state index contributed by atoms with van der Waals surface area (Å²) in [6.07, 6.45) is 4.08. The molecule has 0 radical (unpaired) electrons. The Kier molecular flexibility index (Phi) is 5.32. The fourth-order valence-corrected chi connectivity index (χ4v) is 3.50. The van der Waals surface area contributed by atoms with Gasteiger partial charge in [-0.25, -0.2) is 9.97 Å². The zero-order valence-electron chi connectivity index (χ0n) is 16.0. The van der Waals surface area contributed by atoms with E-state index in [0.29, 0.717) is 18.8 Å². The monoisotopic (exact) mass is 376 g/mol. The fourth-order valence-electron chi connectivity index (χ4n) is 3.50. The number of rotatable bonds is 6. The van der Waals surface area contributed by atoms with E-state index in [2.05, 4.69) is 30.5 Å². The van der Waals surface area contributed by atoms with E-state index in [4.69, 9.17) is 0 Å². The first-order valence-corrected chi connectivity index (χ1v) is 9.67. The van der Waals surface area contributed by atoms with Gasteiger partial charge in [0.2, 0.25) is 0 Å². The minimum Gasteiger partial charge on any atom is -0.368 e. The van der Waals surface area contributed by atoms with Gasteiger partial charge in [-0.1, -0.05) is 24.3 Å². The largest absolute Gasteiger partial charge is 0.368 e. The summed E-state index contributed by atoms with van der Waals surface area (Å²) in [5, 5.41) is 8.07. The SMILES string of the molecule is Cc1nc(NCCNC(=O)c2nccc3ccccc23)cc(N2CCCC2)n1. The first-order chi connectivity index (χ1) is 13.7. The number of carbonyl (C=O) groups is 1. The van der Waals surface area contributed by atoms with Gasteiger partial charge in [-0.05, 0) is 31.2 Å². The number of nitrogens with one attached hydrogen (secondary N) is 2. The Morgan fingerprint density at radius 2 is 1.93 bits per heavy atom. The molecule has 0 aliphatic carbocycles. The Bertz CT molecular complexity index is 978. The van der Waals surface area contributed by atoms with Gasteiger partial charge in [0.1, 0.15) is 23.2 Å². The molecule has 28 heavy (non-hydrogen) atoms. The molecule has 1 aromatic carbocycles. The molecule has 1 aliphatic heterocycles. The molecule has 0 bridgehead atoms. The minimum absolute atomic E-state index is 0.171. The predicted molar refractivity (Wildman–Crippen MR) is 111 cm³/mol. The molecular weight excluding hydrogens is 352 g/mol. The van der Waals surface area contributed by atoms with Crippen molar-refractivity contribution in [3.63, 3.8) is 0 Å². The topological polar surface area (TPSA) is 83.0 Å². The summed E-state index contributed by atoms with van der Waals surface area (Å²) in [6.45, 7) is 5.05. The Morgan fingerprint density at radius 1 is 1.11 bits per heavy atom. The van der Waals surface area contributed by atoms with Crippen molar-refractivity contribution in [2.45, 2.75) is 19.8 Å². The van der Waals surface area contributed by atoms with Crippen LogP contribution in [0.5, 0.6) is 0 Å². The van der Waals surface area contributed by atoms with Crippen molar-refractivity contribution >= 4 is 28.3 Å². The third-order valence-electron chi connectivity index (χ3n) is 4.86. The summed E-state index contributed by atoms with van der Waals surface area (Å²) in [5.74, 6) is 2.33. The standard InChI is InChI=1S/C21H24N6O/c1-15-25-18(14-19(26-15)27-12-4-5-13-27)22-10-11-24-21(28)20-17-7-3-2-6-16(17)8-9-23-20/h2-3,6-9,14H,4-5,10-13H2,1H3,(H,24,28)(H,22,25,26). The number of hydrogen-bond donors (Lipinski definition) is 2. The lowest BCUT2D eigenvalue weighted by Gasteiger charge is -2.17. The lowest BCUT2D eigenvalue weighted by atomic mass is 10.1. The lowest BCUT2D eigenvalue weighted by molar-refractivity contribution is 0.0952. The molecule has 1 aliphatic rings. The second-order valence-electron chi connectivity index (χ2n) is 6.92. The molecule has 4 rings (SSSR count). The van der Waals surface area contributed by atoms with Crippen LogP contribution in [-0.2, 0) is 0 Å². The Morgan fingerprint density at radius 3 is 2.79 bits per heavy atom. The number of carbonyl (C=O) groups excluding carboxylic acids is 1. The van der Waals surface area contributed by atoms with Crippen molar-refractivity contribution in [2.24, 2.45) is 0 Å². The molecule has 3 aromatic rings. The van der Waals surface area contributed by atoms with E-state index in [1.165, 1.54) is 12.8 Å². The van der Waals surface area contributed by atoms with Gasteiger partial charge in [-0.3, -0.25) is 9.78 Å². The number of anilines is 2. The maximum Gasteiger partial charge on any atom is 0.270 e. The smallest absolute Gasteiger partial charge is 0.270 e. The number of aromatic nitrogens is 3. The maximum atomic E-state index is 12.5. The number of hydrogen-bond acceptors (Lipinski definition) is 6. The van der Waals surface area contributed by atoms with E-state index in [-0.39, 0.29) is 5.91 Å². The number of nitrogens with zero attached hydrogens (tertiary/aromatic N) is 4. The van der Waals surface area contributed by atoms with E-state index in [1.807, 2.05) is 43.3 Å². The highest BCUT2D eigenvalue weighted by Gasteiger charge is 2.15. The van der Waals surface area contributed by atoms with E-state index < -0.39 is 0 Å². The fraction of sp³-hybridized carbons (Fsp3) is 0.333. The van der Waals surface area contributed by atoms with Gasteiger partial charge in [-0.15, -0.1) is 0 Å². The molecule has 2 aromatic heterocycles. The summed E-state index contributed by atoms with van der Waals surface area (Å²) < 4.78 is 0. The minimum atomic E-state index is -0.171. The van der Waals surface area contributed by atoms with Crippen molar-refractivity contribution in [3.05, 3.63) is 54.1 Å². The molecule has 1 amide bonds. The molecule has 0 atom stereocenters. The molecule has 2 N–H and O–H groups in total. The van der Waals surface area contributed by atoms with Crippen LogP contribution in [-0.4, -0.2) is 47.0 Å². The van der Waals surface area contributed by atoms with Crippen molar-refractivity contribution in [2.75, 3.05) is 36.4 Å². The third-order valence-corrected chi connectivity index (χ3v) is 4.86. The summed E-state index contributed by atoms with van der Waals surface area (Å²) >= 11 is 0. The summed E-state index contributed by atoms with van der Waals surface area (Å²) in [5.41, 5.74) is 0.451. The molecule has 144 valence electrons. The highest BCUT2D eigenvalue weighted by atomic mass is 16.1. The Balaban J connectivity index is 1.35. The van der Waals surface area contributed by atoms with Crippen LogP contribution < -0.4 is 15.5 Å². The zero-order valence-corrected chi connectivity index (χ0v) is 16.0. The van der Waals surface area contributed by atoms with Crippen molar-refractivity contribution < 1.29 is 4.79 Å². The second kappa shape index (κ2) is 8.21. The number of pyridine rings is 1. The summed E-state index contributed by atoms with van der Waals surface area (Å²) in [6, 6.07) is 11.6. The van der Waals surface area contributed by atoms with Crippen LogP contribution in [0.2, 0.25) is 0 Å². The van der Waals surface area contributed by atoms with Crippen LogP contribution in [0.1, 0.15) is 29.2 Å². The van der Waals surface area contributed by atoms with Crippen LogP contribution >= 0.6 is 0 Å². The summed E-state index contributed by atoms with van der Waals surface area (Å²) in [7, 11) is 0. The highest BCUT2D eigenvalue weighted by Crippen LogP contribution is 2.20. The zero-order chi connectivity index (χ0) is 19.3. The van der Waals surface area contributed by atoms with Crippen LogP contribution in [0.3, 0.4) is 0 Å². The van der Waals surface area contributed by atoms with Crippen molar-refractivity contribution in [1.82, 2.24) is 20.3 Å². The predicted octanol–water partition coefficient (Wildman–Crippen LogP) is 2.78. The number of aryl methyl sites for hydroxylation is 1. The quantitative estimate of drug-likeness (QED) is 0.644. The second-order valence-corrected chi connectivity index (χ2v) is 6.92. The summed E-state index contributed by atoms with van der Waals surface area (Å²) in [4.78, 5) is 28.0. The molecule has 0 spiro atoms. The highest BCUT2D eigenvalue weighted by molar-refractivity contribution is 6.05. The van der Waals surface area contributed by atoms with Crippen LogP contribution in [0.15, 0.2) is 42.6 Å². The van der Waals surface area contributed by atoms with Crippen molar-refractivity contribution in [1.29, 1.82) is 0 Å². The normalized spacial score (nSPS) is 13.7. The van der Waals surface area contributed by atoms with Crippen LogP contribution in [0.25, 0.3) is 10.8 Å². The third kappa shape index (κ3) is 4.03. The molecule has 1 fully saturated rings. The average Bonchev–Trinajstić information content (AvgIpc) is 3.25. The van der Waals surface area contributed by atoms with Gasteiger partial charge < -0.3 is 15.5 Å². The first-order valence-electron chi connectivity index (χ1n) is 9.67. The van der Waals surface area contributed by atoms with Crippen molar-refractivity contribution in [3.8, 4) is 0 Å². The van der Waals surface area contributed by atoms with Gasteiger partial charge in [0.05, 0.1) is 0 Å². The van der Waals surface area contributed by atoms with Gasteiger partial charge >= 0.3 is 0 Å². The van der Waals surface area contributed by atoms with Gasteiger partial charge in [-0.2, -0.15) is 0 Å². The average molecular weight is 376 g/mol. The molecule has 0 unspecified atom stereocenters. The maximum absolute atomic E-state index is 12.5. The van der Waals surface area contributed by atoms with E-state index in [1.54, 1.807) is 6.20 Å². The molecule has 1 saturated heterocycles. The molecule has 0 saturated carbocycles. The molecule has 7 heteroatoms. The number of benzene rings is 1. The van der Waals surface area contributed by atoms with E-state index >= 15 is 0 Å². The van der Waals surface area contributed by atoms with Gasteiger partial charge in [0.25, 0.3) is 5.91 Å². The molecular formula is C21H24N6O. The van der Waals surface area contributed by atoms with E-state index in [0.717, 1.165) is 41.3 Å².